The molecule has 22 heteroatoms. The Kier molecular flexibility index (Phi) is 14.4. The fourth-order valence-corrected chi connectivity index (χ4v) is 9.31. The van der Waals surface area contributed by atoms with Crippen molar-refractivity contribution in [3.05, 3.63) is 141 Å². The van der Waals surface area contributed by atoms with Crippen LogP contribution in [0.3, 0.4) is 0 Å². The van der Waals surface area contributed by atoms with E-state index < -0.39 is 55.9 Å². The van der Waals surface area contributed by atoms with Gasteiger partial charge in [0.1, 0.15) is 11.6 Å². The smallest absolute Gasteiger partial charge is 0.323 e. The molecule has 64 heavy (non-hydrogen) atoms. The molecule has 20 nitrogen and oxygen atoms in total. The molecule has 334 valence electrons. The summed E-state index contributed by atoms with van der Waals surface area (Å²) in [5.41, 5.74) is 2.40. The minimum absolute atomic E-state index is 0.0713. The van der Waals surface area contributed by atoms with E-state index in [0.717, 1.165) is 11.1 Å². The van der Waals surface area contributed by atoms with Gasteiger partial charge in [-0.1, -0.05) is 42.0 Å². The second-order valence-corrected chi connectivity index (χ2v) is 17.7. The number of carboxylic acids is 1. The van der Waals surface area contributed by atoms with Crippen LogP contribution in [0.1, 0.15) is 55.0 Å². The SMILES string of the molecule is Cc1cc(C)c(S(=O)(=O)N[C@@H](CNC(=O)c2cn(CCCNC(=O)c3ccc(N=NCc4ccccc4S(=O)(=O)O)nc3)c3cc(CNc4ncc[nH]4)ccc3c2=O)C(=O)O)c(C)c1. The molecule has 0 aliphatic carbocycles. The van der Waals surface area contributed by atoms with Crippen LogP contribution in [-0.4, -0.2) is 82.9 Å². The van der Waals surface area contributed by atoms with E-state index in [4.69, 9.17) is 0 Å². The Hall–Kier alpha value is -7.14. The second-order valence-electron chi connectivity index (χ2n) is 14.7. The number of aliphatic carboxylic acids is 1. The molecule has 0 aliphatic rings. The average Bonchev–Trinajstić information content (AvgIpc) is 3.77. The number of nitrogens with zero attached hydrogens (tertiary/aromatic N) is 5. The number of aryl methyl sites for hydroxylation is 4. The van der Waals surface area contributed by atoms with E-state index in [0.29, 0.717) is 35.6 Å². The number of amides is 2. The first-order valence-corrected chi connectivity index (χ1v) is 22.5. The zero-order chi connectivity index (χ0) is 46.2. The minimum atomic E-state index is -4.45. The van der Waals surface area contributed by atoms with Crippen LogP contribution >= 0.6 is 0 Å². The first-order valence-electron chi connectivity index (χ1n) is 19.6. The van der Waals surface area contributed by atoms with Gasteiger partial charge in [-0.05, 0) is 79.8 Å². The van der Waals surface area contributed by atoms with Gasteiger partial charge in [0.05, 0.1) is 27.4 Å². The summed E-state index contributed by atoms with van der Waals surface area (Å²) in [5.74, 6) is -2.25. The number of azo groups is 1. The van der Waals surface area contributed by atoms with Crippen LogP contribution in [0.15, 0.2) is 116 Å². The second kappa shape index (κ2) is 19.9. The van der Waals surface area contributed by atoms with Gasteiger partial charge >= 0.3 is 5.97 Å². The highest BCUT2D eigenvalue weighted by atomic mass is 32.2. The monoisotopic (exact) mass is 912 g/mol. The summed E-state index contributed by atoms with van der Waals surface area (Å²) < 4.78 is 63.3. The van der Waals surface area contributed by atoms with E-state index >= 15 is 0 Å². The Labute approximate surface area is 367 Å². The number of anilines is 1. The summed E-state index contributed by atoms with van der Waals surface area (Å²) in [6.07, 6.45) is 6.20. The number of imidazole rings is 1. The summed E-state index contributed by atoms with van der Waals surface area (Å²) in [4.78, 5) is 63.6. The minimum Gasteiger partial charge on any atom is -0.480 e. The summed E-state index contributed by atoms with van der Waals surface area (Å²) in [6.45, 7) is 4.87. The number of pyridine rings is 2. The number of aromatic nitrogens is 4. The van der Waals surface area contributed by atoms with Crippen molar-refractivity contribution < 1.29 is 40.9 Å². The van der Waals surface area contributed by atoms with Crippen molar-refractivity contribution in [1.82, 2.24) is 34.9 Å². The van der Waals surface area contributed by atoms with Crippen molar-refractivity contribution in [2.75, 3.05) is 18.4 Å². The Balaban J connectivity index is 1.14. The number of fused-ring (bicyclic) bond motifs is 1. The number of hydrogen-bond acceptors (Lipinski definition) is 13. The maximum atomic E-state index is 13.8. The van der Waals surface area contributed by atoms with Gasteiger partial charge < -0.3 is 30.6 Å². The highest BCUT2D eigenvalue weighted by molar-refractivity contribution is 7.89. The van der Waals surface area contributed by atoms with Crippen molar-refractivity contribution >= 4 is 60.6 Å². The van der Waals surface area contributed by atoms with Crippen molar-refractivity contribution in [3.63, 3.8) is 0 Å². The average molecular weight is 913 g/mol. The molecule has 2 amide bonds. The van der Waals surface area contributed by atoms with Crippen LogP contribution in [0, 0.1) is 20.8 Å². The number of rotatable bonds is 19. The molecule has 0 saturated carbocycles. The molecule has 0 fully saturated rings. The molecule has 1 atom stereocenters. The van der Waals surface area contributed by atoms with Crippen LogP contribution in [0.4, 0.5) is 11.8 Å². The number of hydrogen-bond donors (Lipinski definition) is 7. The Morgan fingerprint density at radius 1 is 0.922 bits per heavy atom. The van der Waals surface area contributed by atoms with E-state index in [9.17, 15) is 45.7 Å². The largest absolute Gasteiger partial charge is 0.480 e. The molecule has 6 aromatic rings. The van der Waals surface area contributed by atoms with E-state index in [2.05, 4.69) is 45.9 Å². The van der Waals surface area contributed by atoms with E-state index in [1.165, 1.54) is 42.7 Å². The number of carbonyl (C=O) groups excluding carboxylic acids is 2. The lowest BCUT2D eigenvalue weighted by atomic mass is 10.1. The molecule has 0 aliphatic heterocycles. The van der Waals surface area contributed by atoms with Crippen molar-refractivity contribution in [1.29, 1.82) is 0 Å². The highest BCUT2D eigenvalue weighted by Gasteiger charge is 2.29. The topological polar surface area (TPSA) is 296 Å². The van der Waals surface area contributed by atoms with E-state index in [1.807, 2.05) is 0 Å². The molecular weight excluding hydrogens is 869 g/mol. The first-order chi connectivity index (χ1) is 30.4. The van der Waals surface area contributed by atoms with Gasteiger partial charge in [-0.3, -0.25) is 23.7 Å². The molecule has 7 N–H and O–H groups in total. The fraction of sp³-hybridized carbons (Fsp3) is 0.238. The van der Waals surface area contributed by atoms with Gasteiger partial charge in [-0.2, -0.15) is 18.3 Å². The number of carbonyl (C=O) groups is 3. The molecule has 0 bridgehead atoms. The molecule has 0 saturated heterocycles. The number of H-pyrrole nitrogens is 1. The molecule has 3 heterocycles. The molecule has 6 rings (SSSR count). The summed E-state index contributed by atoms with van der Waals surface area (Å²) >= 11 is 0. The number of aromatic amines is 1. The lowest BCUT2D eigenvalue weighted by Gasteiger charge is -2.19. The quantitative estimate of drug-likeness (QED) is 0.0342. The summed E-state index contributed by atoms with van der Waals surface area (Å²) in [5, 5.41) is 26.4. The fourth-order valence-electron chi connectivity index (χ4n) is 6.95. The van der Waals surface area contributed by atoms with Gasteiger partial charge in [-0.25, -0.2) is 18.4 Å². The Morgan fingerprint density at radius 2 is 1.67 bits per heavy atom. The predicted molar refractivity (Wildman–Crippen MR) is 235 cm³/mol. The number of benzene rings is 3. The Morgan fingerprint density at radius 3 is 2.34 bits per heavy atom. The van der Waals surface area contributed by atoms with Gasteiger partial charge in [0, 0.05) is 56.4 Å². The molecule has 0 unspecified atom stereocenters. The van der Waals surface area contributed by atoms with Gasteiger partial charge in [0.25, 0.3) is 21.9 Å². The first kappa shape index (κ1) is 46.4. The van der Waals surface area contributed by atoms with E-state index in [1.54, 1.807) is 74.1 Å². The van der Waals surface area contributed by atoms with Crippen LogP contribution in [0.25, 0.3) is 10.9 Å². The Bertz CT molecular complexity index is 3010. The molecule has 0 spiro atoms. The normalized spacial score (nSPS) is 12.3. The third kappa shape index (κ3) is 11.5. The van der Waals surface area contributed by atoms with Gasteiger partial charge in [-0.15, -0.1) is 5.11 Å². The molecule has 3 aromatic carbocycles. The van der Waals surface area contributed by atoms with Crippen LogP contribution in [-0.2, 0) is 44.6 Å². The zero-order valence-corrected chi connectivity index (χ0v) is 36.3. The maximum absolute atomic E-state index is 13.8. The number of carboxylic acid groups (broad SMARTS) is 1. The van der Waals surface area contributed by atoms with Crippen molar-refractivity contribution in [2.24, 2.45) is 10.2 Å². The lowest BCUT2D eigenvalue weighted by Crippen LogP contribution is -2.49. The van der Waals surface area contributed by atoms with Crippen LogP contribution in [0.2, 0.25) is 0 Å². The summed E-state index contributed by atoms with van der Waals surface area (Å²) in [7, 11) is -8.79. The third-order valence-electron chi connectivity index (χ3n) is 9.82. The molecular formula is C42H44N10O10S2. The molecule has 0 radical (unpaired) electrons. The van der Waals surface area contributed by atoms with Crippen LogP contribution in [0.5, 0.6) is 0 Å². The maximum Gasteiger partial charge on any atom is 0.323 e. The highest BCUT2D eigenvalue weighted by Crippen LogP contribution is 2.23. The van der Waals surface area contributed by atoms with E-state index in [-0.39, 0.29) is 57.3 Å². The number of sulfonamides is 1. The summed E-state index contributed by atoms with van der Waals surface area (Å²) in [6, 6.07) is 15.3. The number of nitrogens with one attached hydrogen (secondary N) is 5. The zero-order valence-electron chi connectivity index (χ0n) is 34.7. The van der Waals surface area contributed by atoms with Crippen molar-refractivity contribution in [2.45, 2.75) is 62.7 Å². The van der Waals surface area contributed by atoms with Crippen LogP contribution < -0.4 is 26.1 Å². The van der Waals surface area contributed by atoms with Crippen molar-refractivity contribution in [3.8, 4) is 0 Å². The lowest BCUT2D eigenvalue weighted by molar-refractivity contribution is -0.138. The predicted octanol–water partition coefficient (Wildman–Crippen LogP) is 4.17. The standard InChI is InChI=1S/C42H44N10O10S2/c1-25-17-26(2)38(27(3)18-25)63(58,59)51-33(41(56)57)23-47-40(55)32-24-52(34-19-28(9-11-31(34)37(32)53)20-48-42-44-14-15-45-42)16-6-13-43-39(54)30-10-12-36(46-21-30)50-49-22-29-7-4-5-8-35(29)64(60,61)62/h4-5,7-12,14-15,17-19,21,24,33,51H,6,13,16,20,22-23H2,1-3H3,(H,43,54)(H,47,55)(H,56,57)(H2,44,45,48)(H,60,61,62)/t33-/m0/s1. The third-order valence-corrected chi connectivity index (χ3v) is 12.6. The van der Waals surface area contributed by atoms with Gasteiger partial charge in [0.2, 0.25) is 15.5 Å². The molecule has 3 aromatic heterocycles. The van der Waals surface area contributed by atoms with Gasteiger partial charge in [0.15, 0.2) is 11.8 Å².